The number of Topliss-reactive ketones (excluding diaryl/α,β-unsaturated/α-hetero) is 1. The molecule has 90 valence electrons. The number of pyridine rings is 1. The molecule has 0 aromatic carbocycles. The van der Waals surface area contributed by atoms with Gasteiger partial charge in [0, 0.05) is 23.7 Å². The molecule has 5 heteroatoms. The van der Waals surface area contributed by atoms with Crippen molar-refractivity contribution in [2.24, 2.45) is 0 Å². The fourth-order valence-electron chi connectivity index (χ4n) is 1.66. The lowest BCUT2D eigenvalue weighted by molar-refractivity contribution is 0.101. The summed E-state index contributed by atoms with van der Waals surface area (Å²) in [5, 5.41) is 11.0. The van der Waals surface area contributed by atoms with Crippen LogP contribution < -0.4 is 5.32 Å². The van der Waals surface area contributed by atoms with Crippen molar-refractivity contribution in [1.82, 2.24) is 4.98 Å². The highest BCUT2D eigenvalue weighted by Crippen LogP contribution is 2.47. The third-order valence-corrected chi connectivity index (χ3v) is 3.06. The molecule has 17 heavy (non-hydrogen) atoms. The summed E-state index contributed by atoms with van der Waals surface area (Å²) in [5.41, 5.74) is 1.49. The van der Waals surface area contributed by atoms with Crippen LogP contribution in [0.25, 0.3) is 0 Å². The number of nitrogens with zero attached hydrogens (tertiary/aromatic N) is 1. The monoisotopic (exact) mass is 234 g/mol. The van der Waals surface area contributed by atoms with Crippen molar-refractivity contribution in [2.45, 2.75) is 32.1 Å². The molecule has 1 saturated carbocycles. The van der Waals surface area contributed by atoms with Crippen molar-refractivity contribution in [2.75, 3.05) is 5.32 Å². The van der Waals surface area contributed by atoms with E-state index in [1.165, 1.54) is 13.0 Å². The van der Waals surface area contributed by atoms with E-state index in [1.54, 1.807) is 6.07 Å². The molecule has 0 radical (unpaired) electrons. The summed E-state index contributed by atoms with van der Waals surface area (Å²) in [6, 6.07) is 3.17. The Morgan fingerprint density at radius 1 is 1.41 bits per heavy atom. The van der Waals surface area contributed by atoms with Gasteiger partial charge in [-0.1, -0.05) is 6.92 Å². The van der Waals surface area contributed by atoms with Gasteiger partial charge in [-0.25, -0.2) is 9.78 Å². The van der Waals surface area contributed by atoms with E-state index >= 15 is 0 Å². The number of aromatic nitrogens is 1. The lowest BCUT2D eigenvalue weighted by atomic mass is 10.0. The molecular formula is C12H14N2O3. The summed E-state index contributed by atoms with van der Waals surface area (Å²) in [6.45, 7) is 3.48. The molecule has 0 bridgehead atoms. The molecule has 0 spiro atoms. The predicted molar refractivity (Wildman–Crippen MR) is 62.5 cm³/mol. The van der Waals surface area contributed by atoms with Gasteiger partial charge >= 0.3 is 6.09 Å². The first-order valence-corrected chi connectivity index (χ1v) is 5.44. The Morgan fingerprint density at radius 2 is 2.06 bits per heavy atom. The van der Waals surface area contributed by atoms with Crippen LogP contribution >= 0.6 is 0 Å². The Morgan fingerprint density at radius 3 is 2.53 bits per heavy atom. The number of rotatable bonds is 3. The fourth-order valence-corrected chi connectivity index (χ4v) is 1.66. The second kappa shape index (κ2) is 3.84. The minimum Gasteiger partial charge on any atom is -0.465 e. The minimum atomic E-state index is -1.14. The van der Waals surface area contributed by atoms with Gasteiger partial charge in [-0.05, 0) is 25.0 Å². The summed E-state index contributed by atoms with van der Waals surface area (Å²) >= 11 is 0. The standard InChI is InChI=1S/C12H14N2O3/c1-7(15)9-5-8(13-11(16)17)6-10(14-9)12(2)3-4-12/h5-6H,3-4H2,1-2H3,(H,13,14)(H,16,17). The van der Waals surface area contributed by atoms with E-state index in [2.05, 4.69) is 17.2 Å². The molecular weight excluding hydrogens is 220 g/mol. The zero-order valence-electron chi connectivity index (χ0n) is 9.78. The largest absolute Gasteiger partial charge is 0.465 e. The van der Waals surface area contributed by atoms with E-state index in [0.29, 0.717) is 11.4 Å². The maximum absolute atomic E-state index is 11.3. The molecule has 1 aliphatic rings. The number of carboxylic acid groups (broad SMARTS) is 1. The lowest BCUT2D eigenvalue weighted by Gasteiger charge is -2.11. The number of anilines is 1. The van der Waals surface area contributed by atoms with E-state index in [0.717, 1.165) is 18.5 Å². The van der Waals surface area contributed by atoms with Crippen molar-refractivity contribution in [3.05, 3.63) is 23.5 Å². The van der Waals surface area contributed by atoms with Gasteiger partial charge in [0.05, 0.1) is 0 Å². The van der Waals surface area contributed by atoms with E-state index in [-0.39, 0.29) is 11.2 Å². The Balaban J connectivity index is 2.42. The average Bonchev–Trinajstić information content (AvgIpc) is 2.96. The van der Waals surface area contributed by atoms with Crippen LogP contribution in [0.4, 0.5) is 10.5 Å². The molecule has 1 aliphatic carbocycles. The van der Waals surface area contributed by atoms with Crippen LogP contribution in [0.5, 0.6) is 0 Å². The van der Waals surface area contributed by atoms with Crippen LogP contribution in [0.2, 0.25) is 0 Å². The molecule has 1 aromatic heterocycles. The van der Waals surface area contributed by atoms with Crippen LogP contribution in [0.15, 0.2) is 12.1 Å². The molecule has 1 amide bonds. The second-order valence-corrected chi connectivity index (χ2v) is 4.67. The first-order chi connectivity index (χ1) is 7.90. The Kier molecular flexibility index (Phi) is 2.61. The number of hydrogen-bond donors (Lipinski definition) is 2. The van der Waals surface area contributed by atoms with Crippen molar-refractivity contribution in [3.8, 4) is 0 Å². The Labute approximate surface area is 98.9 Å². The van der Waals surface area contributed by atoms with Gasteiger partial charge in [0.2, 0.25) is 0 Å². The van der Waals surface area contributed by atoms with Crippen LogP contribution in [-0.4, -0.2) is 22.0 Å². The summed E-state index contributed by atoms with van der Waals surface area (Å²) in [6.07, 6.45) is 0.902. The van der Waals surface area contributed by atoms with Gasteiger partial charge in [0.15, 0.2) is 5.78 Å². The highest BCUT2D eigenvalue weighted by Gasteiger charge is 2.41. The van der Waals surface area contributed by atoms with E-state index < -0.39 is 6.09 Å². The molecule has 0 saturated heterocycles. The predicted octanol–water partition coefficient (Wildman–Crippen LogP) is 2.43. The first-order valence-electron chi connectivity index (χ1n) is 5.44. The van der Waals surface area contributed by atoms with E-state index in [4.69, 9.17) is 5.11 Å². The Hall–Kier alpha value is -1.91. The SMILES string of the molecule is CC(=O)c1cc(NC(=O)O)cc(C2(C)CC2)n1. The second-order valence-electron chi connectivity index (χ2n) is 4.67. The van der Waals surface area contributed by atoms with Crippen molar-refractivity contribution in [1.29, 1.82) is 0 Å². The molecule has 0 unspecified atom stereocenters. The number of hydrogen-bond acceptors (Lipinski definition) is 3. The number of nitrogens with one attached hydrogen (secondary N) is 1. The van der Waals surface area contributed by atoms with Crippen molar-refractivity contribution >= 4 is 17.6 Å². The molecule has 5 nitrogen and oxygen atoms in total. The maximum Gasteiger partial charge on any atom is 0.409 e. The van der Waals surface area contributed by atoms with Crippen LogP contribution in [0.1, 0.15) is 42.9 Å². The normalized spacial score (nSPS) is 16.4. The third kappa shape index (κ3) is 2.43. The smallest absolute Gasteiger partial charge is 0.409 e. The lowest BCUT2D eigenvalue weighted by Crippen LogP contribution is -2.12. The van der Waals surface area contributed by atoms with Crippen molar-refractivity contribution < 1.29 is 14.7 Å². The highest BCUT2D eigenvalue weighted by atomic mass is 16.4. The zero-order valence-corrected chi connectivity index (χ0v) is 9.78. The molecule has 1 aromatic rings. The number of carbonyl (C=O) groups is 2. The quantitative estimate of drug-likeness (QED) is 0.787. The average molecular weight is 234 g/mol. The zero-order chi connectivity index (χ0) is 12.6. The number of amides is 1. The highest BCUT2D eigenvalue weighted by molar-refractivity contribution is 5.94. The first kappa shape index (κ1) is 11.6. The summed E-state index contributed by atoms with van der Waals surface area (Å²) in [5.74, 6) is -0.162. The summed E-state index contributed by atoms with van der Waals surface area (Å²) in [4.78, 5) is 26.2. The van der Waals surface area contributed by atoms with E-state index in [9.17, 15) is 9.59 Å². The molecule has 1 heterocycles. The van der Waals surface area contributed by atoms with Crippen LogP contribution in [-0.2, 0) is 5.41 Å². The van der Waals surface area contributed by atoms with Crippen LogP contribution in [0.3, 0.4) is 0 Å². The molecule has 0 aliphatic heterocycles. The summed E-state index contributed by atoms with van der Waals surface area (Å²) in [7, 11) is 0. The van der Waals surface area contributed by atoms with Gasteiger partial charge in [-0.15, -0.1) is 0 Å². The number of ketones is 1. The fraction of sp³-hybridized carbons (Fsp3) is 0.417. The third-order valence-electron chi connectivity index (χ3n) is 3.06. The number of carbonyl (C=O) groups excluding carboxylic acids is 1. The van der Waals surface area contributed by atoms with Gasteiger partial charge < -0.3 is 5.11 Å². The van der Waals surface area contributed by atoms with Crippen LogP contribution in [0, 0.1) is 0 Å². The minimum absolute atomic E-state index is 0.000390. The molecule has 0 atom stereocenters. The Bertz CT molecular complexity index is 493. The van der Waals surface area contributed by atoms with Crippen molar-refractivity contribution in [3.63, 3.8) is 0 Å². The molecule has 1 fully saturated rings. The van der Waals surface area contributed by atoms with Gasteiger partial charge in [-0.2, -0.15) is 0 Å². The van der Waals surface area contributed by atoms with Gasteiger partial charge in [-0.3, -0.25) is 10.1 Å². The van der Waals surface area contributed by atoms with E-state index in [1.807, 2.05) is 0 Å². The van der Waals surface area contributed by atoms with Gasteiger partial charge in [0.1, 0.15) is 5.69 Å². The van der Waals surface area contributed by atoms with Gasteiger partial charge in [0.25, 0.3) is 0 Å². The molecule has 2 N–H and O–H groups in total. The summed E-state index contributed by atoms with van der Waals surface area (Å²) < 4.78 is 0. The topological polar surface area (TPSA) is 79.3 Å². The molecule has 2 rings (SSSR count). The maximum atomic E-state index is 11.3.